The molecule has 2 aromatic carbocycles. The molecule has 22 heavy (non-hydrogen) atoms. The number of aromatic hydroxyl groups is 1. The van der Waals surface area contributed by atoms with Gasteiger partial charge in [0.05, 0.1) is 0 Å². The van der Waals surface area contributed by atoms with Gasteiger partial charge in [-0.15, -0.1) is 0 Å². The molecule has 0 spiro atoms. The molecule has 0 saturated heterocycles. The second-order valence-corrected chi connectivity index (χ2v) is 6.16. The first-order chi connectivity index (χ1) is 10.5. The minimum absolute atomic E-state index is 0.0780. The molecule has 112 valence electrons. The van der Waals surface area contributed by atoms with Gasteiger partial charge in [-0.3, -0.25) is 4.79 Å². The fourth-order valence-electron chi connectivity index (χ4n) is 2.88. The third kappa shape index (κ3) is 2.82. The van der Waals surface area contributed by atoms with Gasteiger partial charge in [-0.25, -0.2) is 0 Å². The maximum atomic E-state index is 12.6. The molecule has 2 aromatic rings. The van der Waals surface area contributed by atoms with E-state index in [1.807, 2.05) is 6.08 Å². The van der Waals surface area contributed by atoms with Gasteiger partial charge in [-0.2, -0.15) is 0 Å². The molecule has 2 heteroatoms. The number of Topliss-reactive ketones (excluding diaryl/α,β-unsaturated/α-hetero) is 1. The van der Waals surface area contributed by atoms with Gasteiger partial charge in [0.1, 0.15) is 5.75 Å². The van der Waals surface area contributed by atoms with Crippen LogP contribution in [0.4, 0.5) is 0 Å². The zero-order valence-corrected chi connectivity index (χ0v) is 13.0. The van der Waals surface area contributed by atoms with Crippen LogP contribution in [0, 0.1) is 0 Å². The molecule has 0 atom stereocenters. The van der Waals surface area contributed by atoms with Crippen molar-refractivity contribution in [1.82, 2.24) is 0 Å². The van der Waals surface area contributed by atoms with E-state index < -0.39 is 0 Å². The second kappa shape index (κ2) is 5.80. The number of carbonyl (C=O) groups is 1. The van der Waals surface area contributed by atoms with Gasteiger partial charge in [0, 0.05) is 11.1 Å². The molecule has 0 fully saturated rings. The van der Waals surface area contributed by atoms with Crippen molar-refractivity contribution in [2.24, 2.45) is 0 Å². The Labute approximate surface area is 131 Å². The minimum Gasteiger partial charge on any atom is -0.508 e. The third-order valence-corrected chi connectivity index (χ3v) is 4.23. The zero-order valence-electron chi connectivity index (χ0n) is 13.0. The fraction of sp³-hybridized carbons (Fsp3) is 0.250. The predicted molar refractivity (Wildman–Crippen MR) is 89.3 cm³/mol. The number of hydrogen-bond acceptors (Lipinski definition) is 2. The molecule has 1 N–H and O–H groups in total. The highest BCUT2D eigenvalue weighted by Crippen LogP contribution is 2.29. The Morgan fingerprint density at radius 3 is 2.45 bits per heavy atom. The monoisotopic (exact) mass is 292 g/mol. The van der Waals surface area contributed by atoms with Crippen molar-refractivity contribution in [3.63, 3.8) is 0 Å². The minimum atomic E-state index is 0.0780. The van der Waals surface area contributed by atoms with Gasteiger partial charge in [-0.1, -0.05) is 38.1 Å². The number of allylic oxidation sites excluding steroid dienone is 1. The summed E-state index contributed by atoms with van der Waals surface area (Å²) in [5.41, 5.74) is 4.87. The lowest BCUT2D eigenvalue weighted by Crippen LogP contribution is -2.13. The summed E-state index contributed by atoms with van der Waals surface area (Å²) in [6.07, 6.45) is 3.51. The topological polar surface area (TPSA) is 37.3 Å². The van der Waals surface area contributed by atoms with E-state index in [-0.39, 0.29) is 11.5 Å². The number of phenols is 1. The molecule has 2 nitrogen and oxygen atoms in total. The van der Waals surface area contributed by atoms with Crippen LogP contribution in [-0.2, 0) is 6.42 Å². The summed E-state index contributed by atoms with van der Waals surface area (Å²) < 4.78 is 0. The Bertz CT molecular complexity index is 737. The Kier molecular flexibility index (Phi) is 3.84. The summed E-state index contributed by atoms with van der Waals surface area (Å²) in [4.78, 5) is 12.6. The molecule has 0 unspecified atom stereocenters. The number of ketones is 1. The molecule has 0 aromatic heterocycles. The van der Waals surface area contributed by atoms with Crippen LogP contribution in [0.15, 0.2) is 48.0 Å². The summed E-state index contributed by atoms with van der Waals surface area (Å²) in [7, 11) is 0. The van der Waals surface area contributed by atoms with E-state index in [1.54, 1.807) is 18.2 Å². The molecule has 1 aliphatic carbocycles. The van der Waals surface area contributed by atoms with Gasteiger partial charge >= 0.3 is 0 Å². The fourth-order valence-corrected chi connectivity index (χ4v) is 2.88. The molecule has 0 bridgehead atoms. The first-order valence-corrected chi connectivity index (χ1v) is 7.71. The number of fused-ring (bicyclic) bond motifs is 1. The number of phenolic OH excluding ortho intramolecular Hbond substituents is 1. The highest BCUT2D eigenvalue weighted by atomic mass is 16.3. The SMILES string of the molecule is CC(C)c1ccc(/C=C2\CCc3cc(O)ccc3C2=O)cc1. The highest BCUT2D eigenvalue weighted by molar-refractivity contribution is 6.13. The number of rotatable bonds is 2. The van der Waals surface area contributed by atoms with Crippen LogP contribution in [0.5, 0.6) is 5.75 Å². The van der Waals surface area contributed by atoms with Crippen LogP contribution in [0.1, 0.15) is 53.2 Å². The molecule has 1 aliphatic rings. The predicted octanol–water partition coefficient (Wildman–Crippen LogP) is 4.73. The normalized spacial score (nSPS) is 16.1. The van der Waals surface area contributed by atoms with Crippen molar-refractivity contribution in [3.05, 3.63) is 70.3 Å². The maximum Gasteiger partial charge on any atom is 0.189 e. The van der Waals surface area contributed by atoms with Crippen molar-refractivity contribution in [2.45, 2.75) is 32.6 Å². The van der Waals surface area contributed by atoms with E-state index in [4.69, 9.17) is 0 Å². The summed E-state index contributed by atoms with van der Waals surface area (Å²) >= 11 is 0. The Balaban J connectivity index is 1.89. The van der Waals surface area contributed by atoms with Gasteiger partial charge < -0.3 is 5.11 Å². The van der Waals surface area contributed by atoms with Gasteiger partial charge in [0.2, 0.25) is 0 Å². The van der Waals surface area contributed by atoms with Crippen LogP contribution in [-0.4, -0.2) is 10.9 Å². The van der Waals surface area contributed by atoms with Crippen molar-refractivity contribution in [3.8, 4) is 5.75 Å². The van der Waals surface area contributed by atoms with E-state index in [9.17, 15) is 9.90 Å². The van der Waals surface area contributed by atoms with Crippen molar-refractivity contribution in [1.29, 1.82) is 0 Å². The quantitative estimate of drug-likeness (QED) is 0.813. The molecule has 0 aliphatic heterocycles. The Morgan fingerprint density at radius 2 is 1.77 bits per heavy atom. The smallest absolute Gasteiger partial charge is 0.189 e. The van der Waals surface area contributed by atoms with E-state index >= 15 is 0 Å². The standard InChI is InChI=1S/C20H20O2/c1-13(2)15-5-3-14(4-6-15)11-17-8-7-16-12-18(21)9-10-19(16)20(17)22/h3-6,9-13,21H,7-8H2,1-2H3/b17-11+. The largest absolute Gasteiger partial charge is 0.508 e. The van der Waals surface area contributed by atoms with Crippen LogP contribution in [0.3, 0.4) is 0 Å². The zero-order chi connectivity index (χ0) is 15.7. The number of aryl methyl sites for hydroxylation is 1. The molecule has 0 saturated carbocycles. The van der Waals surface area contributed by atoms with Gasteiger partial charge in [0.15, 0.2) is 5.78 Å². The van der Waals surface area contributed by atoms with Crippen LogP contribution in [0.2, 0.25) is 0 Å². The second-order valence-electron chi connectivity index (χ2n) is 6.16. The van der Waals surface area contributed by atoms with Crippen molar-refractivity contribution >= 4 is 11.9 Å². The van der Waals surface area contributed by atoms with E-state index in [2.05, 4.69) is 38.1 Å². The van der Waals surface area contributed by atoms with E-state index in [0.29, 0.717) is 11.5 Å². The first-order valence-electron chi connectivity index (χ1n) is 7.71. The maximum absolute atomic E-state index is 12.6. The molecule has 0 heterocycles. The molecular weight excluding hydrogens is 272 g/mol. The number of carbonyl (C=O) groups excluding carboxylic acids is 1. The average molecular weight is 292 g/mol. The lowest BCUT2D eigenvalue weighted by atomic mass is 9.86. The number of benzene rings is 2. The Hall–Kier alpha value is -2.35. The molecular formula is C20H20O2. The lowest BCUT2D eigenvalue weighted by molar-refractivity contribution is 0.102. The van der Waals surface area contributed by atoms with Gasteiger partial charge in [0.25, 0.3) is 0 Å². The Morgan fingerprint density at radius 1 is 1.05 bits per heavy atom. The summed E-state index contributed by atoms with van der Waals surface area (Å²) in [5.74, 6) is 0.815. The van der Waals surface area contributed by atoms with Crippen LogP contribution >= 0.6 is 0 Å². The summed E-state index contributed by atoms with van der Waals surface area (Å²) in [5, 5.41) is 9.52. The summed E-state index contributed by atoms with van der Waals surface area (Å²) in [6.45, 7) is 4.34. The van der Waals surface area contributed by atoms with E-state index in [0.717, 1.165) is 29.5 Å². The molecule has 3 rings (SSSR count). The van der Waals surface area contributed by atoms with Crippen molar-refractivity contribution < 1.29 is 9.90 Å². The molecule has 0 radical (unpaired) electrons. The van der Waals surface area contributed by atoms with E-state index in [1.165, 1.54) is 5.56 Å². The number of hydrogen-bond donors (Lipinski definition) is 1. The van der Waals surface area contributed by atoms with Crippen LogP contribution in [0.25, 0.3) is 6.08 Å². The highest BCUT2D eigenvalue weighted by Gasteiger charge is 2.21. The first kappa shape index (κ1) is 14.6. The molecule has 0 amide bonds. The average Bonchev–Trinajstić information content (AvgIpc) is 2.50. The van der Waals surface area contributed by atoms with Crippen LogP contribution < -0.4 is 0 Å². The third-order valence-electron chi connectivity index (χ3n) is 4.23. The lowest BCUT2D eigenvalue weighted by Gasteiger charge is -2.17. The van der Waals surface area contributed by atoms with Gasteiger partial charge in [-0.05, 0) is 59.7 Å². The summed E-state index contributed by atoms with van der Waals surface area (Å²) in [6, 6.07) is 13.4. The van der Waals surface area contributed by atoms with Crippen molar-refractivity contribution in [2.75, 3.05) is 0 Å².